The second-order valence-corrected chi connectivity index (χ2v) is 6.51. The summed E-state index contributed by atoms with van der Waals surface area (Å²) in [6.45, 7) is 10.0. The van der Waals surface area contributed by atoms with E-state index in [4.69, 9.17) is 12.2 Å². The molecule has 0 aromatic rings. The lowest BCUT2D eigenvalue weighted by Crippen LogP contribution is -2.20. The highest BCUT2D eigenvalue weighted by atomic mass is 32.2. The third-order valence-corrected chi connectivity index (χ3v) is 3.76. The summed E-state index contributed by atoms with van der Waals surface area (Å²) in [7, 11) is 0. The number of thiocarbonyl (C=S) groups is 1. The fraction of sp³-hybridized carbons (Fsp3) is 0.917. The van der Waals surface area contributed by atoms with Gasteiger partial charge in [-0.05, 0) is 18.3 Å². The van der Waals surface area contributed by atoms with Gasteiger partial charge in [-0.1, -0.05) is 64.5 Å². The molecule has 0 fully saturated rings. The molecule has 0 aromatic carbocycles. The standard InChI is InChI=1S/C12H25NS2/c1-10(2)7-5-6-8-13-12(14)15-9-11(3)4/h10-11H,5-9H2,1-4H3,(H,13,14). The fourth-order valence-electron chi connectivity index (χ4n) is 1.16. The summed E-state index contributed by atoms with van der Waals surface area (Å²) in [5.74, 6) is 2.67. The van der Waals surface area contributed by atoms with Crippen molar-refractivity contribution in [2.24, 2.45) is 11.8 Å². The Morgan fingerprint density at radius 3 is 2.33 bits per heavy atom. The molecule has 1 N–H and O–H groups in total. The number of rotatable bonds is 7. The number of thioether (sulfide) groups is 1. The molecular weight excluding hydrogens is 222 g/mol. The molecule has 0 radical (unpaired) electrons. The van der Waals surface area contributed by atoms with Crippen molar-refractivity contribution in [2.45, 2.75) is 47.0 Å². The summed E-state index contributed by atoms with van der Waals surface area (Å²) in [6, 6.07) is 0. The van der Waals surface area contributed by atoms with E-state index in [0.717, 1.165) is 28.5 Å². The molecule has 1 nitrogen and oxygen atoms in total. The lowest BCUT2D eigenvalue weighted by molar-refractivity contribution is 0.536. The zero-order valence-corrected chi connectivity index (χ0v) is 12.1. The minimum atomic E-state index is 0.718. The monoisotopic (exact) mass is 247 g/mol. The molecule has 15 heavy (non-hydrogen) atoms. The molecule has 0 aromatic heterocycles. The fourth-order valence-corrected chi connectivity index (χ4v) is 2.16. The van der Waals surface area contributed by atoms with Gasteiger partial charge in [0.2, 0.25) is 0 Å². The predicted octanol–water partition coefficient (Wildman–Crippen LogP) is 4.08. The normalized spacial score (nSPS) is 11.1. The lowest BCUT2D eigenvalue weighted by atomic mass is 10.1. The summed E-state index contributed by atoms with van der Waals surface area (Å²) in [6.07, 6.45) is 3.87. The van der Waals surface area contributed by atoms with E-state index in [1.807, 2.05) is 0 Å². The van der Waals surface area contributed by atoms with Crippen LogP contribution < -0.4 is 5.32 Å². The van der Waals surface area contributed by atoms with Gasteiger partial charge in [0.15, 0.2) is 0 Å². The van der Waals surface area contributed by atoms with Crippen molar-refractivity contribution >= 4 is 28.3 Å². The molecule has 0 rings (SSSR count). The SMILES string of the molecule is CC(C)CCCCNC(=S)SCC(C)C. The van der Waals surface area contributed by atoms with Crippen LogP contribution in [0.5, 0.6) is 0 Å². The smallest absolute Gasteiger partial charge is 0.133 e. The highest BCUT2D eigenvalue weighted by Crippen LogP contribution is 2.09. The Labute approximate surface area is 105 Å². The quantitative estimate of drug-likeness (QED) is 0.538. The molecule has 0 amide bonds. The molecule has 0 aliphatic rings. The average molecular weight is 247 g/mol. The molecule has 0 aliphatic heterocycles. The van der Waals surface area contributed by atoms with Gasteiger partial charge in [0.1, 0.15) is 4.32 Å². The number of hydrogen-bond donors (Lipinski definition) is 1. The van der Waals surface area contributed by atoms with Gasteiger partial charge in [0.05, 0.1) is 0 Å². The lowest BCUT2D eigenvalue weighted by Gasteiger charge is -2.09. The van der Waals surface area contributed by atoms with E-state index >= 15 is 0 Å². The van der Waals surface area contributed by atoms with Gasteiger partial charge in [-0.3, -0.25) is 0 Å². The van der Waals surface area contributed by atoms with Crippen molar-refractivity contribution < 1.29 is 0 Å². The Morgan fingerprint density at radius 2 is 1.80 bits per heavy atom. The first-order valence-corrected chi connectivity index (χ1v) is 7.32. The van der Waals surface area contributed by atoms with Crippen LogP contribution in [0.2, 0.25) is 0 Å². The van der Waals surface area contributed by atoms with Crippen LogP contribution in [0.1, 0.15) is 47.0 Å². The first kappa shape index (κ1) is 15.2. The van der Waals surface area contributed by atoms with Crippen molar-refractivity contribution in [3.63, 3.8) is 0 Å². The Kier molecular flexibility index (Phi) is 9.62. The average Bonchev–Trinajstić information content (AvgIpc) is 2.13. The van der Waals surface area contributed by atoms with Crippen LogP contribution in [0.3, 0.4) is 0 Å². The second kappa shape index (κ2) is 9.46. The van der Waals surface area contributed by atoms with Gasteiger partial charge >= 0.3 is 0 Å². The molecule has 0 saturated carbocycles. The maximum absolute atomic E-state index is 5.23. The van der Waals surface area contributed by atoms with Gasteiger partial charge < -0.3 is 5.32 Å². The third-order valence-electron chi connectivity index (χ3n) is 2.03. The zero-order valence-electron chi connectivity index (χ0n) is 10.5. The van der Waals surface area contributed by atoms with Crippen molar-refractivity contribution in [3.05, 3.63) is 0 Å². The molecule has 90 valence electrons. The summed E-state index contributed by atoms with van der Waals surface area (Å²) in [4.78, 5) is 0. The summed E-state index contributed by atoms with van der Waals surface area (Å²) < 4.78 is 0.966. The molecule has 0 heterocycles. The summed E-state index contributed by atoms with van der Waals surface area (Å²) in [5, 5.41) is 3.31. The van der Waals surface area contributed by atoms with E-state index < -0.39 is 0 Å². The summed E-state index contributed by atoms with van der Waals surface area (Å²) >= 11 is 6.99. The Bertz CT molecular complexity index is 167. The topological polar surface area (TPSA) is 12.0 Å². The molecule has 0 bridgehead atoms. The second-order valence-electron chi connectivity index (χ2n) is 4.81. The van der Waals surface area contributed by atoms with Crippen LogP contribution in [0.4, 0.5) is 0 Å². The maximum atomic E-state index is 5.23. The van der Waals surface area contributed by atoms with E-state index in [0.29, 0.717) is 0 Å². The minimum absolute atomic E-state index is 0.718. The molecule has 0 unspecified atom stereocenters. The van der Waals surface area contributed by atoms with E-state index in [1.54, 1.807) is 11.8 Å². The van der Waals surface area contributed by atoms with E-state index in [-0.39, 0.29) is 0 Å². The number of hydrogen-bond acceptors (Lipinski definition) is 2. The molecule has 0 spiro atoms. The van der Waals surface area contributed by atoms with Crippen LogP contribution in [0.15, 0.2) is 0 Å². The Balaban J connectivity index is 3.24. The molecule has 3 heteroatoms. The summed E-state index contributed by atoms with van der Waals surface area (Å²) in [5.41, 5.74) is 0. The van der Waals surface area contributed by atoms with E-state index in [1.165, 1.54) is 19.3 Å². The van der Waals surface area contributed by atoms with Crippen molar-refractivity contribution in [1.29, 1.82) is 0 Å². The Morgan fingerprint density at radius 1 is 1.13 bits per heavy atom. The van der Waals surface area contributed by atoms with Crippen LogP contribution >= 0.6 is 24.0 Å². The molecular formula is C12H25NS2. The van der Waals surface area contributed by atoms with Gasteiger partial charge in [0.25, 0.3) is 0 Å². The van der Waals surface area contributed by atoms with Crippen LogP contribution in [0, 0.1) is 11.8 Å². The van der Waals surface area contributed by atoms with Crippen LogP contribution in [0.25, 0.3) is 0 Å². The van der Waals surface area contributed by atoms with Crippen molar-refractivity contribution in [1.82, 2.24) is 5.32 Å². The highest BCUT2D eigenvalue weighted by molar-refractivity contribution is 8.22. The third kappa shape index (κ3) is 12.2. The largest absolute Gasteiger partial charge is 0.371 e. The van der Waals surface area contributed by atoms with Gasteiger partial charge in [-0.15, -0.1) is 0 Å². The first-order valence-electron chi connectivity index (χ1n) is 5.93. The minimum Gasteiger partial charge on any atom is -0.371 e. The zero-order chi connectivity index (χ0) is 11.7. The van der Waals surface area contributed by atoms with Gasteiger partial charge in [0, 0.05) is 12.3 Å². The molecule has 0 aliphatic carbocycles. The van der Waals surface area contributed by atoms with Crippen LogP contribution in [-0.4, -0.2) is 16.6 Å². The van der Waals surface area contributed by atoms with Gasteiger partial charge in [-0.25, -0.2) is 0 Å². The van der Waals surface area contributed by atoms with Gasteiger partial charge in [-0.2, -0.15) is 0 Å². The molecule has 0 atom stereocenters. The predicted molar refractivity (Wildman–Crippen MR) is 76.6 cm³/mol. The van der Waals surface area contributed by atoms with Crippen molar-refractivity contribution in [2.75, 3.05) is 12.3 Å². The maximum Gasteiger partial charge on any atom is 0.133 e. The van der Waals surface area contributed by atoms with E-state index in [9.17, 15) is 0 Å². The van der Waals surface area contributed by atoms with Crippen LogP contribution in [-0.2, 0) is 0 Å². The Hall–Kier alpha value is 0.240. The van der Waals surface area contributed by atoms with E-state index in [2.05, 4.69) is 33.0 Å². The first-order chi connectivity index (χ1) is 7.02. The highest BCUT2D eigenvalue weighted by Gasteiger charge is 1.99. The number of unbranched alkanes of at least 4 members (excludes halogenated alkanes) is 1. The number of nitrogens with one attached hydrogen (secondary N) is 1. The molecule has 0 saturated heterocycles. The van der Waals surface area contributed by atoms with Crippen molar-refractivity contribution in [3.8, 4) is 0 Å².